The van der Waals surface area contributed by atoms with Crippen molar-refractivity contribution in [1.82, 2.24) is 5.32 Å². The monoisotopic (exact) mass is 285 g/mol. The Morgan fingerprint density at radius 1 is 1.10 bits per heavy atom. The highest BCUT2D eigenvalue weighted by Gasteiger charge is 2.22. The molecule has 3 nitrogen and oxygen atoms in total. The Balaban J connectivity index is 2.32. The van der Waals surface area contributed by atoms with Crippen LogP contribution in [-0.4, -0.2) is 25.8 Å². The molecule has 0 heterocycles. The molecule has 2 atom stereocenters. The predicted molar refractivity (Wildman–Crippen MR) is 85.8 cm³/mol. The molecule has 112 valence electrons. The molecule has 3 heteroatoms. The first-order valence-electron chi connectivity index (χ1n) is 7.19. The van der Waals surface area contributed by atoms with Crippen molar-refractivity contribution in [1.29, 1.82) is 0 Å². The van der Waals surface area contributed by atoms with E-state index in [1.807, 2.05) is 56.4 Å². The van der Waals surface area contributed by atoms with Gasteiger partial charge in [0.25, 0.3) is 0 Å². The van der Waals surface area contributed by atoms with Gasteiger partial charge in [-0.1, -0.05) is 42.5 Å². The first-order chi connectivity index (χ1) is 10.2. The molecule has 0 fully saturated rings. The van der Waals surface area contributed by atoms with Crippen molar-refractivity contribution in [3.63, 3.8) is 0 Å². The topological polar surface area (TPSA) is 41.5 Å². The summed E-state index contributed by atoms with van der Waals surface area (Å²) in [4.78, 5) is 0. The molecule has 0 radical (unpaired) electrons. The van der Waals surface area contributed by atoms with E-state index < -0.39 is 6.10 Å². The van der Waals surface area contributed by atoms with Crippen molar-refractivity contribution >= 4 is 0 Å². The highest BCUT2D eigenvalue weighted by molar-refractivity contribution is 5.39. The van der Waals surface area contributed by atoms with E-state index in [-0.39, 0.29) is 5.92 Å². The fraction of sp³-hybridized carbons (Fsp3) is 0.333. The molecular formula is C18H23NO2. The summed E-state index contributed by atoms with van der Waals surface area (Å²) in [6.45, 7) is 2.73. The summed E-state index contributed by atoms with van der Waals surface area (Å²) in [6, 6.07) is 15.9. The highest BCUT2D eigenvalue weighted by atomic mass is 16.5. The van der Waals surface area contributed by atoms with E-state index in [0.717, 1.165) is 22.4 Å². The summed E-state index contributed by atoms with van der Waals surface area (Å²) in [7, 11) is 3.58. The number of nitrogens with one attached hydrogen (secondary N) is 1. The standard InChI is InChI=1S/C18H23NO2/c1-13-11-15(9-10-17(13)21-3)16(12-19-2)18(20)14-7-5-4-6-8-14/h4-11,16,18-20H,12H2,1-3H3/t16-,18-/m1/s1. The van der Waals surface area contributed by atoms with Crippen LogP contribution in [0.25, 0.3) is 0 Å². The lowest BCUT2D eigenvalue weighted by Crippen LogP contribution is -2.23. The number of hydrogen-bond acceptors (Lipinski definition) is 3. The zero-order valence-corrected chi connectivity index (χ0v) is 12.8. The van der Waals surface area contributed by atoms with Crippen molar-refractivity contribution < 1.29 is 9.84 Å². The van der Waals surface area contributed by atoms with Crippen LogP contribution < -0.4 is 10.1 Å². The average molecular weight is 285 g/mol. The van der Waals surface area contributed by atoms with Crippen molar-refractivity contribution in [2.24, 2.45) is 0 Å². The van der Waals surface area contributed by atoms with Crippen LogP contribution in [0.5, 0.6) is 5.75 Å². The molecule has 2 N–H and O–H groups in total. The lowest BCUT2D eigenvalue weighted by atomic mass is 9.88. The third kappa shape index (κ3) is 3.63. The second-order valence-electron chi connectivity index (χ2n) is 5.25. The maximum Gasteiger partial charge on any atom is 0.121 e. The summed E-state index contributed by atoms with van der Waals surface area (Å²) in [5.41, 5.74) is 3.13. The summed E-state index contributed by atoms with van der Waals surface area (Å²) in [6.07, 6.45) is -0.536. The molecule has 0 aromatic heterocycles. The first kappa shape index (κ1) is 15.5. The maximum absolute atomic E-state index is 10.7. The molecule has 0 spiro atoms. The van der Waals surface area contributed by atoms with E-state index in [0.29, 0.717) is 6.54 Å². The van der Waals surface area contributed by atoms with Crippen LogP contribution in [0, 0.1) is 6.92 Å². The van der Waals surface area contributed by atoms with E-state index in [4.69, 9.17) is 4.74 Å². The molecular weight excluding hydrogens is 262 g/mol. The minimum atomic E-state index is -0.536. The molecule has 0 aliphatic carbocycles. The van der Waals surface area contributed by atoms with Gasteiger partial charge in [-0.3, -0.25) is 0 Å². The van der Waals surface area contributed by atoms with Gasteiger partial charge in [-0.2, -0.15) is 0 Å². The first-order valence-corrected chi connectivity index (χ1v) is 7.19. The summed E-state index contributed by atoms with van der Waals surface area (Å²) in [5, 5.41) is 13.9. The lowest BCUT2D eigenvalue weighted by molar-refractivity contribution is 0.144. The van der Waals surface area contributed by atoms with E-state index in [1.165, 1.54) is 0 Å². The van der Waals surface area contributed by atoms with Gasteiger partial charge in [-0.05, 0) is 36.7 Å². The Labute approximate surface area is 126 Å². The highest BCUT2D eigenvalue weighted by Crippen LogP contribution is 2.32. The van der Waals surface area contributed by atoms with Crippen LogP contribution in [0.1, 0.15) is 28.7 Å². The summed E-state index contributed by atoms with van der Waals surface area (Å²) < 4.78 is 5.31. The third-order valence-corrected chi connectivity index (χ3v) is 3.79. The fourth-order valence-electron chi connectivity index (χ4n) is 2.65. The quantitative estimate of drug-likeness (QED) is 0.857. The van der Waals surface area contributed by atoms with E-state index in [9.17, 15) is 5.11 Å². The number of aliphatic hydroxyl groups excluding tert-OH is 1. The third-order valence-electron chi connectivity index (χ3n) is 3.79. The molecule has 21 heavy (non-hydrogen) atoms. The normalized spacial score (nSPS) is 13.7. The van der Waals surface area contributed by atoms with Crippen LogP contribution in [0.2, 0.25) is 0 Å². The van der Waals surface area contributed by atoms with Gasteiger partial charge in [-0.15, -0.1) is 0 Å². The second kappa shape index (κ2) is 7.25. The SMILES string of the molecule is CNC[C@H](c1ccc(OC)c(C)c1)[C@H](O)c1ccccc1. The Kier molecular flexibility index (Phi) is 5.37. The van der Waals surface area contributed by atoms with Crippen molar-refractivity contribution in [2.45, 2.75) is 18.9 Å². The minimum Gasteiger partial charge on any atom is -0.496 e. The van der Waals surface area contributed by atoms with Crippen LogP contribution in [0.4, 0.5) is 0 Å². The fourth-order valence-corrected chi connectivity index (χ4v) is 2.65. The molecule has 0 aliphatic rings. The smallest absolute Gasteiger partial charge is 0.121 e. The molecule has 0 saturated heterocycles. The van der Waals surface area contributed by atoms with Gasteiger partial charge in [-0.25, -0.2) is 0 Å². The van der Waals surface area contributed by atoms with E-state index in [2.05, 4.69) is 11.4 Å². The molecule has 0 saturated carbocycles. The Hall–Kier alpha value is -1.84. The van der Waals surface area contributed by atoms with Gasteiger partial charge < -0.3 is 15.2 Å². The minimum absolute atomic E-state index is 0.00186. The molecule has 0 amide bonds. The van der Waals surface area contributed by atoms with Gasteiger partial charge in [0.05, 0.1) is 13.2 Å². The van der Waals surface area contributed by atoms with Crippen LogP contribution in [-0.2, 0) is 0 Å². The maximum atomic E-state index is 10.7. The molecule has 2 aromatic carbocycles. The number of hydrogen-bond donors (Lipinski definition) is 2. The van der Waals surface area contributed by atoms with Crippen molar-refractivity contribution in [3.05, 3.63) is 65.2 Å². The van der Waals surface area contributed by atoms with Crippen molar-refractivity contribution in [3.8, 4) is 5.75 Å². The zero-order valence-electron chi connectivity index (χ0n) is 12.8. The predicted octanol–water partition coefficient (Wildman–Crippen LogP) is 3.04. The molecule has 2 rings (SSSR count). The number of aryl methyl sites for hydroxylation is 1. The van der Waals surface area contributed by atoms with Crippen LogP contribution in [0.3, 0.4) is 0 Å². The van der Waals surface area contributed by atoms with Gasteiger partial charge in [0, 0.05) is 12.5 Å². The zero-order chi connectivity index (χ0) is 15.2. The van der Waals surface area contributed by atoms with Gasteiger partial charge in [0.1, 0.15) is 5.75 Å². The van der Waals surface area contributed by atoms with Gasteiger partial charge in [0.2, 0.25) is 0 Å². The van der Waals surface area contributed by atoms with Crippen LogP contribution >= 0.6 is 0 Å². The summed E-state index contributed by atoms with van der Waals surface area (Å²) in [5.74, 6) is 0.873. The van der Waals surface area contributed by atoms with E-state index in [1.54, 1.807) is 7.11 Å². The van der Waals surface area contributed by atoms with Crippen LogP contribution in [0.15, 0.2) is 48.5 Å². The molecule has 0 bridgehead atoms. The molecule has 2 aromatic rings. The molecule has 0 unspecified atom stereocenters. The Morgan fingerprint density at radius 2 is 1.81 bits per heavy atom. The number of benzene rings is 2. The number of methoxy groups -OCH3 is 1. The lowest BCUT2D eigenvalue weighted by Gasteiger charge is -2.24. The van der Waals surface area contributed by atoms with Crippen molar-refractivity contribution in [2.75, 3.05) is 20.7 Å². The van der Waals surface area contributed by atoms with Gasteiger partial charge >= 0.3 is 0 Å². The number of aliphatic hydroxyl groups is 1. The summed E-state index contributed by atoms with van der Waals surface area (Å²) >= 11 is 0. The average Bonchev–Trinajstić information content (AvgIpc) is 2.52. The largest absolute Gasteiger partial charge is 0.496 e. The Bertz CT molecular complexity index is 569. The number of likely N-dealkylation sites (N-methyl/N-ethyl adjacent to an activating group) is 1. The van der Waals surface area contributed by atoms with Gasteiger partial charge in [0.15, 0.2) is 0 Å². The number of ether oxygens (including phenoxy) is 1. The second-order valence-corrected chi connectivity index (χ2v) is 5.25. The number of rotatable bonds is 6. The van der Waals surface area contributed by atoms with E-state index >= 15 is 0 Å². The Morgan fingerprint density at radius 3 is 2.38 bits per heavy atom. The molecule has 0 aliphatic heterocycles.